The maximum Gasteiger partial charge on any atom is 0.248 e. The number of rotatable bonds is 8. The van der Waals surface area contributed by atoms with Gasteiger partial charge in [0.15, 0.2) is 0 Å². The lowest BCUT2D eigenvalue weighted by Crippen LogP contribution is -2.38. The normalized spacial score (nSPS) is 12.2. The van der Waals surface area contributed by atoms with Crippen LogP contribution in [-0.4, -0.2) is 45.2 Å². The summed E-state index contributed by atoms with van der Waals surface area (Å²) in [6.45, 7) is 5.96. The largest absolute Gasteiger partial charge is 0.378 e. The van der Waals surface area contributed by atoms with Crippen molar-refractivity contribution in [1.82, 2.24) is 14.9 Å². The van der Waals surface area contributed by atoms with Crippen LogP contribution in [0.2, 0.25) is 0 Å². The molecule has 7 heteroatoms. The van der Waals surface area contributed by atoms with E-state index in [9.17, 15) is 9.90 Å². The topological polar surface area (TPSA) is 104 Å². The highest BCUT2D eigenvalue weighted by Gasteiger charge is 2.15. The molecule has 1 heterocycles. The first kappa shape index (κ1) is 22.4. The quantitative estimate of drug-likeness (QED) is 0.483. The van der Waals surface area contributed by atoms with Crippen molar-refractivity contribution in [1.29, 1.82) is 0 Å². The van der Waals surface area contributed by atoms with E-state index in [1.807, 2.05) is 55.3 Å². The molecule has 0 fully saturated rings. The van der Waals surface area contributed by atoms with Gasteiger partial charge in [-0.15, -0.1) is 0 Å². The van der Waals surface area contributed by atoms with E-state index in [1.165, 1.54) is 6.33 Å². The van der Waals surface area contributed by atoms with E-state index in [2.05, 4.69) is 29.1 Å². The fourth-order valence-electron chi connectivity index (χ4n) is 3.38. The lowest BCUT2D eigenvalue weighted by molar-refractivity contribution is 0.00374. The Morgan fingerprint density at radius 2 is 1.90 bits per heavy atom. The Hall–Kier alpha value is -3.29. The Labute approximate surface area is 183 Å². The van der Waals surface area contributed by atoms with Crippen LogP contribution in [0, 0.1) is 6.92 Å². The number of amides is 1. The number of anilines is 2. The van der Waals surface area contributed by atoms with E-state index in [-0.39, 0.29) is 6.04 Å². The van der Waals surface area contributed by atoms with Gasteiger partial charge in [-0.2, -0.15) is 0 Å². The summed E-state index contributed by atoms with van der Waals surface area (Å²) in [5, 5.41) is 13.7. The first-order valence-electron chi connectivity index (χ1n) is 10.2. The van der Waals surface area contributed by atoms with E-state index < -0.39 is 12.1 Å². The fourth-order valence-corrected chi connectivity index (χ4v) is 3.38. The van der Waals surface area contributed by atoms with Gasteiger partial charge in [0, 0.05) is 35.3 Å². The number of aliphatic hydroxyl groups is 1. The molecule has 1 amide bonds. The molecule has 0 aliphatic carbocycles. The number of carbonyl (C=O) groups excluding carboxylic acids is 1. The summed E-state index contributed by atoms with van der Waals surface area (Å²) in [7, 11) is 1.91. The predicted molar refractivity (Wildman–Crippen MR) is 123 cm³/mol. The zero-order valence-electron chi connectivity index (χ0n) is 18.3. The zero-order chi connectivity index (χ0) is 22.5. The average Bonchev–Trinajstić information content (AvgIpc) is 2.73. The molecule has 1 atom stereocenters. The van der Waals surface area contributed by atoms with Gasteiger partial charge >= 0.3 is 0 Å². The van der Waals surface area contributed by atoms with Gasteiger partial charge in [-0.3, -0.25) is 9.69 Å². The second kappa shape index (κ2) is 9.68. The summed E-state index contributed by atoms with van der Waals surface area (Å²) in [6, 6.07) is 15.4. The molecule has 3 aromatic rings. The number of aromatic nitrogens is 2. The minimum absolute atomic E-state index is 0.257. The maximum absolute atomic E-state index is 11.7. The smallest absolute Gasteiger partial charge is 0.248 e. The van der Waals surface area contributed by atoms with E-state index in [0.717, 1.165) is 22.4 Å². The highest BCUT2D eigenvalue weighted by atomic mass is 16.3. The van der Waals surface area contributed by atoms with Crippen molar-refractivity contribution in [3.05, 3.63) is 71.5 Å². The van der Waals surface area contributed by atoms with Crippen molar-refractivity contribution >= 4 is 17.4 Å². The molecule has 3 rings (SSSR count). The van der Waals surface area contributed by atoms with Gasteiger partial charge in [-0.1, -0.05) is 24.3 Å². The predicted octanol–water partition coefficient (Wildman–Crippen LogP) is 3.50. The molecule has 0 bridgehead atoms. The number of hydrogen-bond acceptors (Lipinski definition) is 6. The van der Waals surface area contributed by atoms with Gasteiger partial charge < -0.3 is 16.2 Å². The highest BCUT2D eigenvalue weighted by Crippen LogP contribution is 2.26. The second-order valence-electron chi connectivity index (χ2n) is 7.90. The van der Waals surface area contributed by atoms with E-state index in [4.69, 9.17) is 5.73 Å². The minimum atomic E-state index is -0.554. The minimum Gasteiger partial charge on any atom is -0.378 e. The van der Waals surface area contributed by atoms with Crippen molar-refractivity contribution < 1.29 is 9.90 Å². The van der Waals surface area contributed by atoms with Crippen LogP contribution in [-0.2, 0) is 6.42 Å². The number of benzene rings is 2. The standard InChI is InChI=1S/C24H29N5O2/c1-15(2)29(4)23(30)12-17-7-5-8-18(11-17)28-22-13-21(26-14-27-22)19-9-6-10-20(16(19)3)24(25)31/h5-11,13-15,23,30H,12H2,1-4H3,(H2,25,31)(H,26,27,28). The maximum atomic E-state index is 11.7. The fraction of sp³-hybridized carbons (Fsp3) is 0.292. The lowest BCUT2D eigenvalue weighted by Gasteiger charge is -2.27. The Morgan fingerprint density at radius 1 is 1.16 bits per heavy atom. The monoisotopic (exact) mass is 419 g/mol. The number of primary amides is 1. The Balaban J connectivity index is 1.81. The van der Waals surface area contributed by atoms with Crippen molar-refractivity contribution in [3.8, 4) is 11.3 Å². The molecule has 0 aliphatic heterocycles. The number of aliphatic hydroxyl groups excluding tert-OH is 1. The molecule has 0 saturated heterocycles. The summed E-state index contributed by atoms with van der Waals surface area (Å²) in [6.07, 6.45) is 1.46. The molecule has 0 spiro atoms. The molecule has 0 radical (unpaired) electrons. The molecule has 0 aliphatic rings. The average molecular weight is 420 g/mol. The lowest BCUT2D eigenvalue weighted by atomic mass is 9.99. The van der Waals surface area contributed by atoms with Crippen molar-refractivity contribution in [2.24, 2.45) is 5.73 Å². The zero-order valence-corrected chi connectivity index (χ0v) is 18.3. The van der Waals surface area contributed by atoms with Gasteiger partial charge in [-0.25, -0.2) is 9.97 Å². The van der Waals surface area contributed by atoms with Crippen LogP contribution in [0.1, 0.15) is 35.3 Å². The molecular formula is C24H29N5O2. The number of likely N-dealkylation sites (N-methyl/N-ethyl adjacent to an activating group) is 1. The van der Waals surface area contributed by atoms with Crippen LogP contribution in [0.5, 0.6) is 0 Å². The summed E-state index contributed by atoms with van der Waals surface area (Å²) >= 11 is 0. The molecule has 1 aromatic heterocycles. The molecule has 2 aromatic carbocycles. The van der Waals surface area contributed by atoms with Crippen LogP contribution in [0.3, 0.4) is 0 Å². The summed E-state index contributed by atoms with van der Waals surface area (Å²) in [5.74, 6) is 0.166. The summed E-state index contributed by atoms with van der Waals surface area (Å²) < 4.78 is 0. The third-order valence-corrected chi connectivity index (χ3v) is 5.44. The summed E-state index contributed by atoms with van der Waals surface area (Å²) in [4.78, 5) is 22.3. The SMILES string of the molecule is Cc1c(C(N)=O)cccc1-c1cc(Nc2cccc(CC(O)N(C)C(C)C)c2)ncn1. The van der Waals surface area contributed by atoms with Gasteiger partial charge in [0.2, 0.25) is 5.91 Å². The Kier molecular flexibility index (Phi) is 6.99. The number of hydrogen-bond donors (Lipinski definition) is 3. The number of nitrogens with one attached hydrogen (secondary N) is 1. The number of nitrogens with two attached hydrogens (primary N) is 1. The third kappa shape index (κ3) is 5.45. The van der Waals surface area contributed by atoms with Gasteiger partial charge in [-0.05, 0) is 57.1 Å². The van der Waals surface area contributed by atoms with Crippen LogP contribution >= 0.6 is 0 Å². The van der Waals surface area contributed by atoms with Crippen LogP contribution in [0.15, 0.2) is 54.9 Å². The van der Waals surface area contributed by atoms with Gasteiger partial charge in [0.25, 0.3) is 0 Å². The third-order valence-electron chi connectivity index (χ3n) is 5.44. The molecule has 4 N–H and O–H groups in total. The number of nitrogens with zero attached hydrogens (tertiary/aromatic N) is 3. The van der Waals surface area contributed by atoms with Crippen molar-refractivity contribution in [3.63, 3.8) is 0 Å². The molecule has 1 unspecified atom stereocenters. The van der Waals surface area contributed by atoms with E-state index in [1.54, 1.807) is 12.1 Å². The molecular weight excluding hydrogens is 390 g/mol. The first-order valence-corrected chi connectivity index (χ1v) is 10.2. The van der Waals surface area contributed by atoms with Crippen LogP contribution in [0.25, 0.3) is 11.3 Å². The van der Waals surface area contributed by atoms with Gasteiger partial charge in [0.05, 0.1) is 5.69 Å². The van der Waals surface area contributed by atoms with Gasteiger partial charge in [0.1, 0.15) is 18.4 Å². The van der Waals surface area contributed by atoms with E-state index in [0.29, 0.717) is 23.5 Å². The first-order chi connectivity index (χ1) is 14.8. The molecule has 0 saturated carbocycles. The van der Waals surface area contributed by atoms with Crippen molar-refractivity contribution in [2.45, 2.75) is 39.5 Å². The van der Waals surface area contributed by atoms with E-state index >= 15 is 0 Å². The summed E-state index contributed by atoms with van der Waals surface area (Å²) in [5.41, 5.74) is 10.1. The molecule has 31 heavy (non-hydrogen) atoms. The molecule has 162 valence electrons. The Bertz CT molecular complexity index is 1070. The Morgan fingerprint density at radius 3 is 2.61 bits per heavy atom. The second-order valence-corrected chi connectivity index (χ2v) is 7.90. The van der Waals surface area contributed by atoms with Crippen LogP contribution in [0.4, 0.5) is 11.5 Å². The van der Waals surface area contributed by atoms with Crippen LogP contribution < -0.4 is 11.1 Å². The molecule has 7 nitrogen and oxygen atoms in total. The van der Waals surface area contributed by atoms with Crippen molar-refractivity contribution in [2.75, 3.05) is 12.4 Å². The highest BCUT2D eigenvalue weighted by molar-refractivity contribution is 5.96. The number of carbonyl (C=O) groups is 1.